The van der Waals surface area contributed by atoms with Gasteiger partial charge in [0, 0.05) is 18.0 Å². The van der Waals surface area contributed by atoms with Gasteiger partial charge >= 0.3 is 6.36 Å². The van der Waals surface area contributed by atoms with E-state index in [9.17, 15) is 13.2 Å². The fourth-order valence-corrected chi connectivity index (χ4v) is 3.14. The highest BCUT2D eigenvalue weighted by Gasteiger charge is 2.30. The zero-order valence-electron chi connectivity index (χ0n) is 15.9. The van der Waals surface area contributed by atoms with Crippen LogP contribution in [0.15, 0.2) is 29.3 Å². The Labute approximate surface area is 183 Å². The number of thiazole rings is 1. The highest BCUT2D eigenvalue weighted by molar-refractivity contribution is 14.0. The third-order valence-electron chi connectivity index (χ3n) is 3.65. The Morgan fingerprint density at radius 3 is 2.39 bits per heavy atom. The molecule has 0 unspecified atom stereocenters. The Kier molecular flexibility index (Phi) is 10.0. The van der Waals surface area contributed by atoms with Gasteiger partial charge in [0.25, 0.3) is 0 Å². The highest BCUT2D eigenvalue weighted by Crippen LogP contribution is 2.22. The van der Waals surface area contributed by atoms with E-state index < -0.39 is 6.36 Å². The van der Waals surface area contributed by atoms with Gasteiger partial charge in [-0.05, 0) is 44.9 Å². The number of aryl methyl sites for hydroxylation is 2. The second-order valence-electron chi connectivity index (χ2n) is 5.81. The fraction of sp³-hybridized carbons (Fsp3) is 0.444. The van der Waals surface area contributed by atoms with Crippen molar-refractivity contribution in [3.05, 3.63) is 45.4 Å². The number of halogens is 4. The van der Waals surface area contributed by atoms with Gasteiger partial charge in [-0.3, -0.25) is 0 Å². The van der Waals surface area contributed by atoms with Crippen LogP contribution in [0.25, 0.3) is 0 Å². The highest BCUT2D eigenvalue weighted by atomic mass is 127. The number of ether oxygens (including phenoxy) is 1. The van der Waals surface area contributed by atoms with E-state index in [4.69, 9.17) is 0 Å². The lowest BCUT2D eigenvalue weighted by Crippen LogP contribution is -2.38. The number of aliphatic imine (C=N–C) groups is 1. The van der Waals surface area contributed by atoms with Gasteiger partial charge in [0.2, 0.25) is 0 Å². The van der Waals surface area contributed by atoms with E-state index in [0.29, 0.717) is 25.5 Å². The summed E-state index contributed by atoms with van der Waals surface area (Å²) < 4.78 is 40.4. The molecule has 2 N–H and O–H groups in total. The van der Waals surface area contributed by atoms with Gasteiger partial charge in [0.05, 0.1) is 12.2 Å². The zero-order chi connectivity index (χ0) is 19.9. The van der Waals surface area contributed by atoms with Crippen LogP contribution in [0.4, 0.5) is 13.2 Å². The average molecular weight is 528 g/mol. The van der Waals surface area contributed by atoms with Crippen molar-refractivity contribution >= 4 is 41.3 Å². The maximum atomic E-state index is 12.2. The number of hydrogen-bond acceptors (Lipinski definition) is 4. The quantitative estimate of drug-likeness (QED) is 0.314. The SMILES string of the molecule is CCNC(=NCc1nc(C)c(C)s1)NCCc1ccc(OC(F)(F)F)cc1.I. The van der Waals surface area contributed by atoms with Gasteiger partial charge in [0.1, 0.15) is 10.8 Å². The Morgan fingerprint density at radius 1 is 1.18 bits per heavy atom. The molecule has 0 aliphatic carbocycles. The monoisotopic (exact) mass is 528 g/mol. The lowest BCUT2D eigenvalue weighted by molar-refractivity contribution is -0.274. The molecule has 1 aromatic heterocycles. The van der Waals surface area contributed by atoms with Crippen molar-refractivity contribution < 1.29 is 17.9 Å². The van der Waals surface area contributed by atoms with Crippen molar-refractivity contribution in [1.29, 1.82) is 0 Å². The van der Waals surface area contributed by atoms with Crippen LogP contribution >= 0.6 is 35.3 Å². The molecular formula is C18H24F3IN4OS. The van der Waals surface area contributed by atoms with Crippen molar-refractivity contribution in [3.8, 4) is 5.75 Å². The summed E-state index contributed by atoms with van der Waals surface area (Å²) in [5.41, 5.74) is 1.93. The van der Waals surface area contributed by atoms with Crippen LogP contribution in [-0.2, 0) is 13.0 Å². The molecule has 0 spiro atoms. The topological polar surface area (TPSA) is 58.5 Å². The van der Waals surface area contributed by atoms with Crippen molar-refractivity contribution in [1.82, 2.24) is 15.6 Å². The Balaban J connectivity index is 0.00000392. The molecule has 2 rings (SSSR count). The smallest absolute Gasteiger partial charge is 0.406 e. The number of aromatic nitrogens is 1. The van der Waals surface area contributed by atoms with E-state index in [-0.39, 0.29) is 29.7 Å². The Morgan fingerprint density at radius 2 is 1.86 bits per heavy atom. The minimum atomic E-state index is -4.67. The van der Waals surface area contributed by atoms with Crippen LogP contribution in [0.2, 0.25) is 0 Å². The number of hydrogen-bond donors (Lipinski definition) is 2. The van der Waals surface area contributed by atoms with E-state index in [1.807, 2.05) is 20.8 Å². The van der Waals surface area contributed by atoms with E-state index in [2.05, 4.69) is 25.3 Å². The van der Waals surface area contributed by atoms with Crippen LogP contribution in [0.3, 0.4) is 0 Å². The summed E-state index contributed by atoms with van der Waals surface area (Å²) in [4.78, 5) is 10.2. The molecule has 0 amide bonds. The molecule has 1 heterocycles. The van der Waals surface area contributed by atoms with E-state index in [1.165, 1.54) is 17.0 Å². The molecule has 5 nitrogen and oxygen atoms in total. The third-order valence-corrected chi connectivity index (χ3v) is 4.71. The van der Waals surface area contributed by atoms with Crippen LogP contribution in [0, 0.1) is 13.8 Å². The first kappa shape index (κ1) is 24.5. The maximum Gasteiger partial charge on any atom is 0.573 e. The van der Waals surface area contributed by atoms with Crippen LogP contribution in [-0.4, -0.2) is 30.4 Å². The summed E-state index contributed by atoms with van der Waals surface area (Å²) in [7, 11) is 0. The minimum absolute atomic E-state index is 0. The van der Waals surface area contributed by atoms with Crippen molar-refractivity contribution in [2.24, 2.45) is 4.99 Å². The van der Waals surface area contributed by atoms with E-state index in [0.717, 1.165) is 22.8 Å². The standard InChI is InChI=1S/C18H23F3N4OS.HI/c1-4-22-17(24-11-16-25-12(2)13(3)27-16)23-10-9-14-5-7-15(8-6-14)26-18(19,20)21;/h5-8H,4,9-11H2,1-3H3,(H2,22,23,24);1H. The van der Waals surface area contributed by atoms with Gasteiger partial charge in [0.15, 0.2) is 5.96 Å². The summed E-state index contributed by atoms with van der Waals surface area (Å²) in [6, 6.07) is 5.87. The molecule has 10 heteroatoms. The zero-order valence-corrected chi connectivity index (χ0v) is 19.0. The van der Waals surface area contributed by atoms with Crippen LogP contribution in [0.1, 0.15) is 28.1 Å². The van der Waals surface area contributed by atoms with E-state index >= 15 is 0 Å². The molecule has 0 aliphatic rings. The molecule has 0 aliphatic heterocycles. The molecule has 2 aromatic rings. The molecule has 28 heavy (non-hydrogen) atoms. The van der Waals surface area contributed by atoms with Gasteiger partial charge < -0.3 is 15.4 Å². The second-order valence-corrected chi connectivity index (χ2v) is 7.10. The number of rotatable bonds is 7. The average Bonchev–Trinajstić information content (AvgIpc) is 2.91. The molecule has 0 atom stereocenters. The maximum absolute atomic E-state index is 12.2. The summed E-state index contributed by atoms with van der Waals surface area (Å²) in [5.74, 6) is 0.461. The number of guanidine groups is 1. The van der Waals surface area contributed by atoms with Crippen molar-refractivity contribution in [3.63, 3.8) is 0 Å². The van der Waals surface area contributed by atoms with Crippen molar-refractivity contribution in [2.75, 3.05) is 13.1 Å². The molecule has 0 saturated heterocycles. The number of alkyl halides is 3. The molecule has 0 bridgehead atoms. The molecular weight excluding hydrogens is 504 g/mol. The summed E-state index contributed by atoms with van der Waals surface area (Å²) >= 11 is 1.63. The first-order valence-electron chi connectivity index (χ1n) is 8.56. The summed E-state index contributed by atoms with van der Waals surface area (Å²) in [5, 5.41) is 7.34. The normalized spacial score (nSPS) is 11.7. The molecule has 156 valence electrons. The predicted octanol–water partition coefficient (Wildman–Crippen LogP) is 4.57. The molecule has 1 aromatic carbocycles. The summed E-state index contributed by atoms with van der Waals surface area (Å²) in [6.07, 6.45) is -4.03. The molecule has 0 saturated carbocycles. The van der Waals surface area contributed by atoms with Crippen LogP contribution in [0.5, 0.6) is 5.75 Å². The van der Waals surface area contributed by atoms with Gasteiger partial charge in [-0.1, -0.05) is 12.1 Å². The van der Waals surface area contributed by atoms with Gasteiger partial charge in [-0.25, -0.2) is 9.98 Å². The first-order valence-corrected chi connectivity index (χ1v) is 9.38. The number of nitrogens with zero attached hydrogens (tertiary/aromatic N) is 2. The lowest BCUT2D eigenvalue weighted by Gasteiger charge is -2.12. The second kappa shape index (κ2) is 11.4. The van der Waals surface area contributed by atoms with Crippen molar-refractivity contribution in [2.45, 2.75) is 40.1 Å². The fourth-order valence-electron chi connectivity index (χ4n) is 2.28. The predicted molar refractivity (Wildman–Crippen MR) is 117 cm³/mol. The largest absolute Gasteiger partial charge is 0.573 e. The molecule has 0 radical (unpaired) electrons. The number of benzene rings is 1. The summed E-state index contributed by atoms with van der Waals surface area (Å²) in [6.45, 7) is 7.82. The Bertz CT molecular complexity index is 744. The minimum Gasteiger partial charge on any atom is -0.406 e. The molecule has 0 fully saturated rings. The number of nitrogens with one attached hydrogen (secondary N) is 2. The van der Waals surface area contributed by atoms with Crippen LogP contribution < -0.4 is 15.4 Å². The van der Waals surface area contributed by atoms with E-state index in [1.54, 1.807) is 23.5 Å². The van der Waals surface area contributed by atoms with Gasteiger partial charge in [-0.2, -0.15) is 0 Å². The third kappa shape index (κ3) is 8.63. The van der Waals surface area contributed by atoms with Gasteiger partial charge in [-0.15, -0.1) is 48.5 Å². The Hall–Kier alpha value is -1.56. The first-order chi connectivity index (χ1) is 12.8. The lowest BCUT2D eigenvalue weighted by atomic mass is 10.1.